The molecule has 0 aliphatic heterocycles. The second-order valence-electron chi connectivity index (χ2n) is 17.3. The summed E-state index contributed by atoms with van der Waals surface area (Å²) in [6.07, 6.45) is 0. The van der Waals surface area contributed by atoms with E-state index in [9.17, 15) is 0 Å². The number of aromatic nitrogens is 4. The lowest BCUT2D eigenvalue weighted by Gasteiger charge is -2.25. The van der Waals surface area contributed by atoms with E-state index in [4.69, 9.17) is 15.0 Å². The third-order valence-corrected chi connectivity index (χ3v) is 13.0. The Kier molecular flexibility index (Phi) is 9.09. The van der Waals surface area contributed by atoms with Crippen LogP contribution in [0.25, 0.3) is 83.9 Å². The minimum Gasteiger partial charge on any atom is -0.311 e. The number of benzene rings is 9. The molecule has 11 aromatic rings. The first kappa shape index (κ1) is 38.3. The van der Waals surface area contributed by atoms with E-state index in [-0.39, 0.29) is 5.41 Å². The van der Waals surface area contributed by atoms with E-state index in [0.29, 0.717) is 17.5 Å². The highest BCUT2D eigenvalue weighted by molar-refractivity contribution is 6.13. The molecule has 0 atom stereocenters. The van der Waals surface area contributed by atoms with Gasteiger partial charge in [0.25, 0.3) is 0 Å². The van der Waals surface area contributed by atoms with Crippen molar-refractivity contribution >= 4 is 38.9 Å². The topological polar surface area (TPSA) is 46.8 Å². The minimum absolute atomic E-state index is 0.157. The maximum Gasteiger partial charge on any atom is 0.164 e. The van der Waals surface area contributed by atoms with Crippen LogP contribution in [0.2, 0.25) is 0 Å². The maximum atomic E-state index is 5.10. The van der Waals surface area contributed by atoms with Gasteiger partial charge in [0.15, 0.2) is 17.5 Å². The summed E-state index contributed by atoms with van der Waals surface area (Å²) in [5.41, 5.74) is 16.9. The molecular formula is C60H43N5. The zero-order chi connectivity index (χ0) is 43.5. The van der Waals surface area contributed by atoms with Crippen LogP contribution >= 0.6 is 0 Å². The van der Waals surface area contributed by atoms with Gasteiger partial charge in [-0.05, 0) is 106 Å². The Bertz CT molecular complexity index is 3450. The summed E-state index contributed by atoms with van der Waals surface area (Å²) < 4.78 is 2.43. The Hall–Kier alpha value is -8.41. The fourth-order valence-electron chi connectivity index (χ4n) is 9.80. The molecule has 0 saturated heterocycles. The molecule has 2 heterocycles. The second-order valence-corrected chi connectivity index (χ2v) is 17.3. The molecule has 5 nitrogen and oxygen atoms in total. The summed E-state index contributed by atoms with van der Waals surface area (Å²) in [5, 5.41) is 2.41. The molecule has 308 valence electrons. The van der Waals surface area contributed by atoms with Crippen LogP contribution in [0, 0.1) is 0 Å². The summed E-state index contributed by atoms with van der Waals surface area (Å²) in [4.78, 5) is 17.5. The predicted octanol–water partition coefficient (Wildman–Crippen LogP) is 15.4. The average molecular weight is 834 g/mol. The molecule has 0 N–H and O–H groups in total. The number of anilines is 3. The molecule has 0 unspecified atom stereocenters. The van der Waals surface area contributed by atoms with Gasteiger partial charge >= 0.3 is 0 Å². The van der Waals surface area contributed by atoms with Crippen molar-refractivity contribution in [2.45, 2.75) is 19.3 Å². The van der Waals surface area contributed by atoms with Gasteiger partial charge in [0.05, 0.1) is 11.0 Å². The molecule has 0 amide bonds. The lowest BCUT2D eigenvalue weighted by atomic mass is 9.82. The number of fused-ring (bicyclic) bond motifs is 6. The number of para-hydroxylation sites is 2. The molecule has 0 fully saturated rings. The van der Waals surface area contributed by atoms with Crippen molar-refractivity contribution in [3.8, 4) is 62.1 Å². The number of nitrogens with zero attached hydrogens (tertiary/aromatic N) is 5. The van der Waals surface area contributed by atoms with Crippen molar-refractivity contribution in [2.24, 2.45) is 0 Å². The molecule has 5 heteroatoms. The van der Waals surface area contributed by atoms with Crippen LogP contribution < -0.4 is 4.90 Å². The van der Waals surface area contributed by atoms with Crippen molar-refractivity contribution in [1.82, 2.24) is 19.5 Å². The molecule has 0 saturated carbocycles. The molecule has 1 aliphatic carbocycles. The molecule has 2 aromatic heterocycles. The van der Waals surface area contributed by atoms with Crippen molar-refractivity contribution in [2.75, 3.05) is 4.90 Å². The van der Waals surface area contributed by atoms with Gasteiger partial charge < -0.3 is 9.47 Å². The summed E-state index contributed by atoms with van der Waals surface area (Å²) in [5.74, 6) is 1.91. The van der Waals surface area contributed by atoms with Gasteiger partial charge in [-0.3, -0.25) is 0 Å². The minimum atomic E-state index is -0.157. The zero-order valence-corrected chi connectivity index (χ0v) is 36.1. The van der Waals surface area contributed by atoms with Crippen LogP contribution in [-0.4, -0.2) is 19.5 Å². The van der Waals surface area contributed by atoms with Crippen molar-refractivity contribution in [3.63, 3.8) is 0 Å². The molecule has 0 spiro atoms. The van der Waals surface area contributed by atoms with Crippen molar-refractivity contribution < 1.29 is 0 Å². The van der Waals surface area contributed by atoms with Gasteiger partial charge in [0.2, 0.25) is 0 Å². The van der Waals surface area contributed by atoms with Crippen LogP contribution in [0.5, 0.6) is 0 Å². The lowest BCUT2D eigenvalue weighted by Crippen LogP contribution is -2.14. The first-order chi connectivity index (χ1) is 32.0. The smallest absolute Gasteiger partial charge is 0.164 e. The quantitative estimate of drug-likeness (QED) is 0.153. The normalized spacial score (nSPS) is 12.6. The van der Waals surface area contributed by atoms with Crippen molar-refractivity contribution in [3.05, 3.63) is 236 Å². The molecular weight excluding hydrogens is 791 g/mol. The number of hydrogen-bond donors (Lipinski definition) is 0. The highest BCUT2D eigenvalue weighted by atomic mass is 15.1. The summed E-state index contributed by atoms with van der Waals surface area (Å²) in [7, 11) is 0. The van der Waals surface area contributed by atoms with Crippen molar-refractivity contribution in [1.29, 1.82) is 0 Å². The van der Waals surface area contributed by atoms with Gasteiger partial charge in [-0.2, -0.15) is 0 Å². The Morgan fingerprint density at radius 2 is 0.862 bits per heavy atom. The van der Waals surface area contributed by atoms with Crippen LogP contribution in [0.4, 0.5) is 17.1 Å². The van der Waals surface area contributed by atoms with E-state index in [1.165, 1.54) is 33.0 Å². The Morgan fingerprint density at radius 3 is 1.49 bits per heavy atom. The predicted molar refractivity (Wildman–Crippen MR) is 268 cm³/mol. The van der Waals surface area contributed by atoms with Gasteiger partial charge in [0, 0.05) is 55.6 Å². The summed E-state index contributed by atoms with van der Waals surface area (Å²) in [6, 6.07) is 79.7. The third-order valence-electron chi connectivity index (χ3n) is 13.0. The van der Waals surface area contributed by atoms with Crippen LogP contribution in [0.15, 0.2) is 224 Å². The number of hydrogen-bond acceptors (Lipinski definition) is 4. The van der Waals surface area contributed by atoms with E-state index >= 15 is 0 Å². The van der Waals surface area contributed by atoms with Crippen LogP contribution in [0.3, 0.4) is 0 Å². The fourth-order valence-corrected chi connectivity index (χ4v) is 9.80. The number of rotatable bonds is 8. The fraction of sp³-hybridized carbons (Fsp3) is 0.0500. The molecule has 9 aromatic carbocycles. The molecule has 12 rings (SSSR count). The Balaban J connectivity index is 1.02. The van der Waals surface area contributed by atoms with Gasteiger partial charge in [-0.25, -0.2) is 15.0 Å². The molecule has 0 bridgehead atoms. The summed E-state index contributed by atoms with van der Waals surface area (Å²) >= 11 is 0. The lowest BCUT2D eigenvalue weighted by molar-refractivity contribution is 0.661. The second kappa shape index (κ2) is 15.4. The SMILES string of the molecule is CC1(C)c2ccccc2-c2cc3c4cc(-c5ccc(N(c6ccccc6)c6ccccc6)cc5)ccc4n(-c4cccc(-c5nc(-c6ccccc6)nc(-c6ccccc6)n5)c4)c3cc21. The standard InChI is InChI=1S/C60H43N5/c1-60(2)53-29-16-15-28-49(53)50-38-52-51-37-43(40-30-33-47(34-31-40)64(45-23-11-5-12-24-45)46-25-13-6-14-26-46)32-35-55(51)65(56(52)39-54(50)60)48-27-17-22-44(36-48)59-62-57(41-18-7-3-8-19-41)61-58(63-59)42-20-9-4-10-21-42/h3-39H,1-2H3. The molecule has 0 radical (unpaired) electrons. The molecule has 65 heavy (non-hydrogen) atoms. The van der Waals surface area contributed by atoms with Gasteiger partial charge in [-0.15, -0.1) is 0 Å². The maximum absolute atomic E-state index is 5.10. The van der Waals surface area contributed by atoms with Crippen LogP contribution in [-0.2, 0) is 5.41 Å². The average Bonchev–Trinajstić information content (AvgIpc) is 3.81. The Morgan fingerprint density at radius 1 is 0.354 bits per heavy atom. The van der Waals surface area contributed by atoms with E-state index in [2.05, 4.69) is 187 Å². The van der Waals surface area contributed by atoms with E-state index in [1.54, 1.807) is 0 Å². The monoisotopic (exact) mass is 833 g/mol. The zero-order valence-electron chi connectivity index (χ0n) is 36.1. The van der Waals surface area contributed by atoms with Gasteiger partial charge in [0.1, 0.15) is 0 Å². The first-order valence-corrected chi connectivity index (χ1v) is 22.2. The van der Waals surface area contributed by atoms with E-state index < -0.39 is 0 Å². The Labute approximate surface area is 378 Å². The van der Waals surface area contributed by atoms with Gasteiger partial charge in [-0.1, -0.05) is 166 Å². The first-order valence-electron chi connectivity index (χ1n) is 22.2. The van der Waals surface area contributed by atoms with Crippen LogP contribution in [0.1, 0.15) is 25.0 Å². The highest BCUT2D eigenvalue weighted by Crippen LogP contribution is 2.51. The largest absolute Gasteiger partial charge is 0.311 e. The molecule has 1 aliphatic rings. The third kappa shape index (κ3) is 6.59. The van der Waals surface area contributed by atoms with E-state index in [1.807, 2.05) is 60.7 Å². The highest BCUT2D eigenvalue weighted by Gasteiger charge is 2.36. The van der Waals surface area contributed by atoms with E-state index in [0.717, 1.165) is 61.6 Å². The summed E-state index contributed by atoms with van der Waals surface area (Å²) in [6.45, 7) is 4.70.